The van der Waals surface area contributed by atoms with E-state index < -0.39 is 28.5 Å². The van der Waals surface area contributed by atoms with Crippen LogP contribution >= 0.6 is 11.6 Å². The van der Waals surface area contributed by atoms with Crippen molar-refractivity contribution in [1.82, 2.24) is 10.2 Å². The fourth-order valence-electron chi connectivity index (χ4n) is 4.53. The predicted molar refractivity (Wildman–Crippen MR) is 159 cm³/mol. The maximum atomic E-state index is 14.2. The summed E-state index contributed by atoms with van der Waals surface area (Å²) >= 11 is 6.25. The zero-order valence-corrected chi connectivity index (χ0v) is 24.8. The number of nitrogens with one attached hydrogen (secondary N) is 1. The molecule has 41 heavy (non-hydrogen) atoms. The quantitative estimate of drug-likeness (QED) is 0.331. The molecule has 1 aliphatic rings. The van der Waals surface area contributed by atoms with Crippen LogP contribution in [0.2, 0.25) is 5.02 Å². The summed E-state index contributed by atoms with van der Waals surface area (Å²) in [5, 5.41) is 3.41. The molecule has 0 aliphatic carbocycles. The van der Waals surface area contributed by atoms with Gasteiger partial charge in [-0.3, -0.25) is 13.9 Å². The largest absolute Gasteiger partial charge is 0.454 e. The first kappa shape index (κ1) is 30.2. The molecule has 1 unspecified atom stereocenters. The molecule has 0 aromatic heterocycles. The lowest BCUT2D eigenvalue weighted by Crippen LogP contribution is -2.54. The number of anilines is 1. The van der Waals surface area contributed by atoms with E-state index in [0.717, 1.165) is 9.87 Å². The van der Waals surface area contributed by atoms with Crippen molar-refractivity contribution in [1.29, 1.82) is 0 Å². The van der Waals surface area contributed by atoms with Crippen LogP contribution in [-0.4, -0.2) is 56.3 Å². The topological polar surface area (TPSA) is 105 Å². The molecule has 0 saturated heterocycles. The fraction of sp³-hybridized carbons (Fsp3) is 0.333. The van der Waals surface area contributed by atoms with Crippen LogP contribution in [-0.2, 0) is 32.6 Å². The van der Waals surface area contributed by atoms with E-state index in [9.17, 15) is 18.0 Å². The average molecular weight is 600 g/mol. The van der Waals surface area contributed by atoms with Crippen LogP contribution in [0.4, 0.5) is 5.69 Å². The van der Waals surface area contributed by atoms with Gasteiger partial charge in [-0.1, -0.05) is 54.1 Å². The summed E-state index contributed by atoms with van der Waals surface area (Å²) in [5.41, 5.74) is 1.82. The Hall–Kier alpha value is -3.76. The molecule has 1 atom stereocenters. The normalized spacial score (nSPS) is 13.1. The number of fused-ring (bicyclic) bond motifs is 1. The smallest absolute Gasteiger partial charge is 0.244 e. The van der Waals surface area contributed by atoms with Crippen molar-refractivity contribution < 1.29 is 27.5 Å². The van der Waals surface area contributed by atoms with Gasteiger partial charge in [-0.25, -0.2) is 8.42 Å². The van der Waals surface area contributed by atoms with Crippen LogP contribution in [0, 0.1) is 0 Å². The third-order valence-electron chi connectivity index (χ3n) is 6.57. The minimum Gasteiger partial charge on any atom is -0.454 e. The van der Waals surface area contributed by atoms with Gasteiger partial charge in [0.05, 0.1) is 11.4 Å². The first-order valence-electron chi connectivity index (χ1n) is 13.4. The SMILES string of the molecule is CCS(=O)(=O)N(CC(=O)N(Cc1cccc(Cl)c1)C(Cc1ccccc1)C(=O)NC(C)C)c1ccc2c(c1)OCO2. The number of sulfonamides is 1. The average Bonchev–Trinajstić information content (AvgIpc) is 3.41. The first-order chi connectivity index (χ1) is 19.6. The van der Waals surface area contributed by atoms with Crippen molar-refractivity contribution in [2.24, 2.45) is 0 Å². The Balaban J connectivity index is 1.75. The number of halogens is 1. The number of nitrogens with zero attached hydrogens (tertiary/aromatic N) is 2. The molecule has 0 fully saturated rings. The Morgan fingerprint density at radius 2 is 1.66 bits per heavy atom. The Bertz CT molecular complexity index is 1480. The van der Waals surface area contributed by atoms with Crippen LogP contribution in [0.1, 0.15) is 31.9 Å². The summed E-state index contributed by atoms with van der Waals surface area (Å²) in [6.07, 6.45) is 0.232. The summed E-state index contributed by atoms with van der Waals surface area (Å²) in [4.78, 5) is 29.2. The van der Waals surface area contributed by atoms with E-state index >= 15 is 0 Å². The maximum Gasteiger partial charge on any atom is 0.244 e. The van der Waals surface area contributed by atoms with Crippen LogP contribution in [0.15, 0.2) is 72.8 Å². The standard InChI is InChI=1S/C30H34ClN3O6S/c1-4-41(37,38)34(25-13-14-27-28(17-25)40-20-39-27)19-29(35)33(18-23-11-8-12-24(31)15-23)26(30(36)32-21(2)3)16-22-9-6-5-7-10-22/h5-15,17,21,26H,4,16,18-20H2,1-3H3,(H,32,36). The molecule has 0 saturated carbocycles. The molecule has 218 valence electrons. The third-order valence-corrected chi connectivity index (χ3v) is 8.54. The molecule has 11 heteroatoms. The van der Waals surface area contributed by atoms with Crippen molar-refractivity contribution in [3.63, 3.8) is 0 Å². The summed E-state index contributed by atoms with van der Waals surface area (Å²) < 4.78 is 38.4. The highest BCUT2D eigenvalue weighted by Gasteiger charge is 2.34. The highest BCUT2D eigenvalue weighted by molar-refractivity contribution is 7.92. The molecule has 3 aromatic rings. The van der Waals surface area contributed by atoms with Gasteiger partial charge in [0.15, 0.2) is 11.5 Å². The van der Waals surface area contributed by atoms with Gasteiger partial charge in [0, 0.05) is 30.1 Å². The van der Waals surface area contributed by atoms with Gasteiger partial charge in [-0.15, -0.1) is 0 Å². The van der Waals surface area contributed by atoms with Crippen LogP contribution < -0.4 is 19.1 Å². The number of rotatable bonds is 12. The molecule has 0 bridgehead atoms. The van der Waals surface area contributed by atoms with Crippen LogP contribution in [0.3, 0.4) is 0 Å². The van der Waals surface area contributed by atoms with Gasteiger partial charge in [0.2, 0.25) is 28.6 Å². The molecule has 1 heterocycles. The molecular formula is C30H34ClN3O6S. The molecule has 3 aromatic carbocycles. The second kappa shape index (κ2) is 13.3. The van der Waals surface area contributed by atoms with E-state index in [4.69, 9.17) is 21.1 Å². The van der Waals surface area contributed by atoms with Crippen LogP contribution in [0.5, 0.6) is 11.5 Å². The monoisotopic (exact) mass is 599 g/mol. The predicted octanol–water partition coefficient (Wildman–Crippen LogP) is 4.39. The molecule has 9 nitrogen and oxygen atoms in total. The molecule has 0 radical (unpaired) electrons. The van der Waals surface area contributed by atoms with Gasteiger partial charge in [0.25, 0.3) is 0 Å². The first-order valence-corrected chi connectivity index (χ1v) is 15.3. The minimum absolute atomic E-state index is 0.0256. The number of hydrogen-bond donors (Lipinski definition) is 1. The fourth-order valence-corrected chi connectivity index (χ4v) is 5.79. The van der Waals surface area contributed by atoms with Crippen molar-refractivity contribution in [3.05, 3.63) is 88.9 Å². The number of benzene rings is 3. The summed E-state index contributed by atoms with van der Waals surface area (Å²) in [7, 11) is -3.89. The Labute approximate surface area is 246 Å². The van der Waals surface area contributed by atoms with Gasteiger partial charge in [-0.2, -0.15) is 0 Å². The van der Waals surface area contributed by atoms with Crippen molar-refractivity contribution in [3.8, 4) is 11.5 Å². The Kier molecular flexibility index (Phi) is 9.77. The van der Waals surface area contributed by atoms with Crippen LogP contribution in [0.25, 0.3) is 0 Å². The van der Waals surface area contributed by atoms with E-state index in [-0.39, 0.29) is 43.1 Å². The molecule has 0 spiro atoms. The lowest BCUT2D eigenvalue weighted by molar-refractivity contribution is -0.140. The van der Waals surface area contributed by atoms with E-state index in [1.54, 1.807) is 30.3 Å². The van der Waals surface area contributed by atoms with E-state index in [2.05, 4.69) is 5.32 Å². The highest BCUT2D eigenvalue weighted by Crippen LogP contribution is 2.36. The number of carbonyl (C=O) groups excluding carboxylic acids is 2. The molecule has 1 aliphatic heterocycles. The number of ether oxygens (including phenoxy) is 2. The second-order valence-electron chi connectivity index (χ2n) is 9.97. The summed E-state index contributed by atoms with van der Waals surface area (Å²) in [6, 6.07) is 20.0. The zero-order valence-electron chi connectivity index (χ0n) is 23.2. The number of amides is 2. The molecule has 4 rings (SSSR count). The second-order valence-corrected chi connectivity index (χ2v) is 12.6. The third kappa shape index (κ3) is 7.71. The highest BCUT2D eigenvalue weighted by atomic mass is 35.5. The van der Waals surface area contributed by atoms with E-state index in [1.165, 1.54) is 17.9 Å². The molecular weight excluding hydrogens is 566 g/mol. The van der Waals surface area contributed by atoms with Crippen molar-refractivity contribution in [2.75, 3.05) is 23.4 Å². The van der Waals surface area contributed by atoms with E-state index in [1.807, 2.05) is 50.2 Å². The number of carbonyl (C=O) groups is 2. The van der Waals surface area contributed by atoms with Crippen molar-refractivity contribution >= 4 is 39.1 Å². The lowest BCUT2D eigenvalue weighted by atomic mass is 10.0. The summed E-state index contributed by atoms with van der Waals surface area (Å²) in [6.45, 7) is 4.75. The molecule has 2 amide bonds. The minimum atomic E-state index is -3.89. The summed E-state index contributed by atoms with van der Waals surface area (Å²) in [5.74, 6) is -0.235. The van der Waals surface area contributed by atoms with Gasteiger partial charge in [-0.05, 0) is 56.2 Å². The Morgan fingerprint density at radius 1 is 0.951 bits per heavy atom. The Morgan fingerprint density at radius 3 is 2.34 bits per heavy atom. The zero-order chi connectivity index (χ0) is 29.6. The van der Waals surface area contributed by atoms with Gasteiger partial charge in [0.1, 0.15) is 12.6 Å². The number of hydrogen-bond acceptors (Lipinski definition) is 6. The van der Waals surface area contributed by atoms with Gasteiger partial charge >= 0.3 is 0 Å². The van der Waals surface area contributed by atoms with E-state index in [0.29, 0.717) is 22.1 Å². The molecule has 1 N–H and O–H groups in total. The van der Waals surface area contributed by atoms with Gasteiger partial charge < -0.3 is 19.7 Å². The lowest BCUT2D eigenvalue weighted by Gasteiger charge is -2.34. The van der Waals surface area contributed by atoms with Crippen molar-refractivity contribution in [2.45, 2.75) is 45.8 Å². The maximum absolute atomic E-state index is 14.2.